The van der Waals surface area contributed by atoms with Crippen molar-refractivity contribution in [3.63, 3.8) is 0 Å². The molecule has 2 aromatic carbocycles. The zero-order chi connectivity index (χ0) is 21.6. The van der Waals surface area contributed by atoms with Crippen molar-refractivity contribution < 1.29 is 30.0 Å². The second-order valence-corrected chi connectivity index (χ2v) is 7.10. The zero-order valence-electron chi connectivity index (χ0n) is 16.0. The molecule has 0 fully saturated rings. The van der Waals surface area contributed by atoms with Crippen LogP contribution in [0.25, 0.3) is 6.08 Å². The minimum atomic E-state index is -0.813. The minimum Gasteiger partial charge on any atom is -0.504 e. The summed E-state index contributed by atoms with van der Waals surface area (Å²) in [4.78, 5) is 12.7. The van der Waals surface area contributed by atoms with Crippen LogP contribution in [0.4, 0.5) is 0 Å². The van der Waals surface area contributed by atoms with Crippen LogP contribution in [0.15, 0.2) is 42.5 Å². The van der Waals surface area contributed by atoms with Gasteiger partial charge in [-0.15, -0.1) is 0 Å². The minimum absolute atomic E-state index is 0.174. The lowest BCUT2D eigenvalue weighted by Crippen LogP contribution is -2.42. The number of hydrogen-bond donors (Lipinski definition) is 5. The number of rotatable bonds is 7. The number of phenols is 4. The number of nitrogens with one attached hydrogen (secondary N) is 1. The number of carbonyl (C=O) groups excluding carboxylic acids is 1. The van der Waals surface area contributed by atoms with Gasteiger partial charge in [-0.2, -0.15) is 0 Å². The SMILES string of the molecule is CC(C)OC(=O)[C@@H](Cc1ccc(O)c(O)c1)NC(=S)/C=C/c1ccc(O)c(O)c1. The van der Waals surface area contributed by atoms with Gasteiger partial charge in [0.25, 0.3) is 0 Å². The van der Waals surface area contributed by atoms with Crippen molar-refractivity contribution in [2.45, 2.75) is 32.4 Å². The van der Waals surface area contributed by atoms with E-state index in [4.69, 9.17) is 17.0 Å². The lowest BCUT2D eigenvalue weighted by atomic mass is 10.0. The van der Waals surface area contributed by atoms with E-state index in [-0.39, 0.29) is 40.5 Å². The average molecular weight is 417 g/mol. The molecule has 154 valence electrons. The van der Waals surface area contributed by atoms with Crippen LogP contribution in [0.5, 0.6) is 23.0 Å². The zero-order valence-corrected chi connectivity index (χ0v) is 16.8. The Balaban J connectivity index is 2.13. The molecule has 0 heterocycles. The second-order valence-electron chi connectivity index (χ2n) is 6.66. The van der Waals surface area contributed by atoms with E-state index in [0.29, 0.717) is 11.1 Å². The Hall–Kier alpha value is -3.26. The van der Waals surface area contributed by atoms with Gasteiger partial charge in [0.2, 0.25) is 0 Å². The van der Waals surface area contributed by atoms with Gasteiger partial charge in [0, 0.05) is 6.42 Å². The number of aromatic hydroxyl groups is 4. The summed E-state index contributed by atoms with van der Waals surface area (Å²) in [6.45, 7) is 3.47. The summed E-state index contributed by atoms with van der Waals surface area (Å²) >= 11 is 5.28. The fraction of sp³-hybridized carbons (Fsp3) is 0.238. The van der Waals surface area contributed by atoms with Crippen molar-refractivity contribution in [2.75, 3.05) is 0 Å². The summed E-state index contributed by atoms with van der Waals surface area (Å²) in [6, 6.07) is 7.80. The van der Waals surface area contributed by atoms with Crippen LogP contribution >= 0.6 is 12.2 Å². The molecule has 29 heavy (non-hydrogen) atoms. The maximum atomic E-state index is 12.5. The molecule has 2 aromatic rings. The van der Waals surface area contributed by atoms with Gasteiger partial charge >= 0.3 is 5.97 Å². The molecular weight excluding hydrogens is 394 g/mol. The second kappa shape index (κ2) is 9.79. The van der Waals surface area contributed by atoms with Crippen LogP contribution in [0, 0.1) is 0 Å². The van der Waals surface area contributed by atoms with E-state index in [0.717, 1.165) is 0 Å². The van der Waals surface area contributed by atoms with Crippen LogP contribution < -0.4 is 5.32 Å². The summed E-state index contributed by atoms with van der Waals surface area (Å²) in [5.74, 6) is -1.52. The largest absolute Gasteiger partial charge is 0.504 e. The molecule has 0 unspecified atom stereocenters. The molecule has 0 aromatic heterocycles. The first-order valence-corrected chi connectivity index (χ1v) is 9.28. The highest BCUT2D eigenvalue weighted by Gasteiger charge is 2.22. The Labute approximate surface area is 173 Å². The molecule has 1 atom stereocenters. The van der Waals surface area contributed by atoms with Gasteiger partial charge in [-0.1, -0.05) is 30.4 Å². The summed E-state index contributed by atoms with van der Waals surface area (Å²) in [6.07, 6.45) is 3.02. The van der Waals surface area contributed by atoms with Crippen molar-refractivity contribution in [3.8, 4) is 23.0 Å². The summed E-state index contributed by atoms with van der Waals surface area (Å²) < 4.78 is 5.27. The summed E-state index contributed by atoms with van der Waals surface area (Å²) in [5, 5.41) is 40.9. The smallest absolute Gasteiger partial charge is 0.329 e. The molecule has 5 N–H and O–H groups in total. The van der Waals surface area contributed by atoms with Crippen LogP contribution in [0.1, 0.15) is 25.0 Å². The predicted molar refractivity (Wildman–Crippen MR) is 113 cm³/mol. The van der Waals surface area contributed by atoms with Gasteiger partial charge in [-0.25, -0.2) is 4.79 Å². The molecular formula is C21H23NO6S. The monoisotopic (exact) mass is 417 g/mol. The van der Waals surface area contributed by atoms with E-state index in [9.17, 15) is 25.2 Å². The number of thiocarbonyl (C=S) groups is 1. The molecule has 0 saturated heterocycles. The van der Waals surface area contributed by atoms with Gasteiger partial charge in [-0.3, -0.25) is 0 Å². The topological polar surface area (TPSA) is 119 Å². The Morgan fingerprint density at radius 1 is 1.03 bits per heavy atom. The van der Waals surface area contributed by atoms with Gasteiger partial charge in [0.1, 0.15) is 6.04 Å². The third-order valence-corrected chi connectivity index (χ3v) is 4.11. The number of benzene rings is 2. The van der Waals surface area contributed by atoms with Crippen molar-refractivity contribution in [1.29, 1.82) is 0 Å². The van der Waals surface area contributed by atoms with Crippen LogP contribution in [-0.2, 0) is 16.0 Å². The highest BCUT2D eigenvalue weighted by Crippen LogP contribution is 2.26. The van der Waals surface area contributed by atoms with Crippen molar-refractivity contribution in [3.05, 3.63) is 53.6 Å². The molecule has 0 saturated carbocycles. The maximum Gasteiger partial charge on any atom is 0.329 e. The molecule has 0 spiro atoms. The van der Waals surface area contributed by atoms with Crippen molar-refractivity contribution in [1.82, 2.24) is 5.32 Å². The molecule has 0 amide bonds. The highest BCUT2D eigenvalue weighted by molar-refractivity contribution is 7.80. The normalized spacial score (nSPS) is 12.1. The standard InChI is InChI=1S/C21H23NO6S/c1-12(2)28-21(27)15(9-14-4-7-17(24)19(26)11-14)22-20(29)8-5-13-3-6-16(23)18(25)10-13/h3-8,10-12,15,23-26H,9H2,1-2H3,(H,22,29)/b8-5+/t15-/m1/s1. The lowest BCUT2D eigenvalue weighted by Gasteiger charge is -2.20. The van der Waals surface area contributed by atoms with Crippen LogP contribution in [-0.4, -0.2) is 43.5 Å². The van der Waals surface area contributed by atoms with E-state index in [1.165, 1.54) is 24.3 Å². The first kappa shape index (κ1) is 22.0. The first-order chi connectivity index (χ1) is 13.7. The fourth-order valence-corrected chi connectivity index (χ4v) is 2.69. The van der Waals surface area contributed by atoms with E-state index in [2.05, 4.69) is 5.32 Å². The Morgan fingerprint density at radius 2 is 1.66 bits per heavy atom. The van der Waals surface area contributed by atoms with E-state index in [1.54, 1.807) is 38.1 Å². The molecule has 8 heteroatoms. The number of esters is 1. The van der Waals surface area contributed by atoms with Gasteiger partial charge < -0.3 is 30.5 Å². The predicted octanol–water partition coefficient (Wildman–Crippen LogP) is 3.00. The molecule has 2 rings (SSSR count). The average Bonchev–Trinajstić information content (AvgIpc) is 2.64. The Kier molecular flexibility index (Phi) is 7.44. The van der Waals surface area contributed by atoms with E-state index < -0.39 is 12.0 Å². The van der Waals surface area contributed by atoms with Gasteiger partial charge in [0.05, 0.1) is 11.1 Å². The molecule has 0 aliphatic carbocycles. The highest BCUT2D eigenvalue weighted by atomic mass is 32.1. The van der Waals surface area contributed by atoms with E-state index >= 15 is 0 Å². The molecule has 0 aliphatic heterocycles. The number of phenolic OH excluding ortho intramolecular Hbond substituents is 4. The van der Waals surface area contributed by atoms with E-state index in [1.807, 2.05) is 0 Å². The van der Waals surface area contributed by atoms with Crippen molar-refractivity contribution >= 4 is 29.3 Å². The Morgan fingerprint density at radius 3 is 2.24 bits per heavy atom. The van der Waals surface area contributed by atoms with Crippen molar-refractivity contribution in [2.24, 2.45) is 0 Å². The van der Waals surface area contributed by atoms with Gasteiger partial charge in [0.15, 0.2) is 23.0 Å². The van der Waals surface area contributed by atoms with Crippen LogP contribution in [0.2, 0.25) is 0 Å². The molecule has 0 aliphatic rings. The molecule has 0 radical (unpaired) electrons. The first-order valence-electron chi connectivity index (χ1n) is 8.87. The quantitative estimate of drug-likeness (QED) is 0.202. The maximum absolute atomic E-state index is 12.5. The fourth-order valence-electron chi connectivity index (χ4n) is 2.48. The molecule has 7 nitrogen and oxygen atoms in total. The third kappa shape index (κ3) is 6.69. The number of hydrogen-bond acceptors (Lipinski definition) is 7. The van der Waals surface area contributed by atoms with Gasteiger partial charge in [-0.05, 0) is 55.3 Å². The number of carbonyl (C=O) groups is 1. The lowest BCUT2D eigenvalue weighted by molar-refractivity contribution is -0.149. The summed E-state index contributed by atoms with van der Waals surface area (Å²) in [7, 11) is 0. The third-order valence-electron chi connectivity index (χ3n) is 3.86. The summed E-state index contributed by atoms with van der Waals surface area (Å²) in [5.41, 5.74) is 1.21. The van der Waals surface area contributed by atoms with Crippen LogP contribution in [0.3, 0.4) is 0 Å². The molecule has 0 bridgehead atoms. The Bertz CT molecular complexity index is 925. The number of ether oxygens (including phenoxy) is 1.